The monoisotopic (exact) mass is 642 g/mol. The van der Waals surface area contributed by atoms with Crippen molar-refractivity contribution in [3.05, 3.63) is 166 Å². The molecule has 0 spiro atoms. The highest BCUT2D eigenvalue weighted by molar-refractivity contribution is 7.87. The van der Waals surface area contributed by atoms with Gasteiger partial charge in [0, 0.05) is 29.0 Å². The van der Waals surface area contributed by atoms with Crippen LogP contribution in [0.25, 0.3) is 11.3 Å². The Labute approximate surface area is 265 Å². The molecular formula is C37H29F3O5S. The van der Waals surface area contributed by atoms with Crippen LogP contribution in [0.4, 0.5) is 13.2 Å². The number of ketones is 2. The van der Waals surface area contributed by atoms with Gasteiger partial charge in [0.15, 0.2) is 11.6 Å². The van der Waals surface area contributed by atoms with E-state index in [1.165, 1.54) is 6.07 Å². The van der Waals surface area contributed by atoms with Crippen LogP contribution in [0.1, 0.15) is 66.4 Å². The van der Waals surface area contributed by atoms with Crippen LogP contribution < -0.4 is 0 Å². The summed E-state index contributed by atoms with van der Waals surface area (Å²) in [5.74, 6) is -1.34. The molecule has 0 N–H and O–H groups in total. The van der Waals surface area contributed by atoms with Gasteiger partial charge in [0.05, 0.1) is 0 Å². The fraction of sp³-hybridized carbons (Fsp3) is 0.135. The summed E-state index contributed by atoms with van der Waals surface area (Å²) in [5, 5.41) is 0. The number of Topliss-reactive ketones (excluding diaryl/α,β-unsaturated/α-hetero) is 1. The van der Waals surface area contributed by atoms with Crippen molar-refractivity contribution >= 4 is 33.0 Å². The van der Waals surface area contributed by atoms with E-state index in [2.05, 4.69) is 4.18 Å². The smallest absolute Gasteiger partial charge is 0.375 e. The molecule has 4 aromatic rings. The van der Waals surface area contributed by atoms with Crippen molar-refractivity contribution in [2.75, 3.05) is 0 Å². The van der Waals surface area contributed by atoms with Crippen LogP contribution in [-0.4, -0.2) is 25.5 Å². The average molecular weight is 643 g/mol. The molecule has 0 saturated heterocycles. The first-order valence-electron chi connectivity index (χ1n) is 14.3. The summed E-state index contributed by atoms with van der Waals surface area (Å²) in [4.78, 5) is 25.7. The Kier molecular flexibility index (Phi) is 9.25. The molecule has 0 fully saturated rings. The lowest BCUT2D eigenvalue weighted by atomic mass is 9.91. The highest BCUT2D eigenvalue weighted by Gasteiger charge is 2.49. The Morgan fingerprint density at radius 1 is 0.804 bits per heavy atom. The van der Waals surface area contributed by atoms with Crippen molar-refractivity contribution in [2.24, 2.45) is 0 Å². The average Bonchev–Trinajstić information content (AvgIpc) is 3.37. The number of halogens is 3. The molecule has 0 aromatic heterocycles. The van der Waals surface area contributed by atoms with E-state index in [1.807, 2.05) is 44.2 Å². The second-order valence-corrected chi connectivity index (χ2v) is 12.4. The van der Waals surface area contributed by atoms with Gasteiger partial charge in [-0.3, -0.25) is 9.59 Å². The number of allylic oxidation sites excluding steroid dienone is 4. The predicted octanol–water partition coefficient (Wildman–Crippen LogP) is 8.75. The summed E-state index contributed by atoms with van der Waals surface area (Å²) < 4.78 is 69.0. The number of hydrogen-bond acceptors (Lipinski definition) is 5. The van der Waals surface area contributed by atoms with Gasteiger partial charge < -0.3 is 4.18 Å². The van der Waals surface area contributed by atoms with Crippen LogP contribution >= 0.6 is 0 Å². The molecule has 0 amide bonds. The van der Waals surface area contributed by atoms with Crippen LogP contribution in [0, 0.1) is 13.8 Å². The minimum absolute atomic E-state index is 0.0335. The highest BCUT2D eigenvalue weighted by atomic mass is 32.2. The summed E-state index contributed by atoms with van der Waals surface area (Å²) in [7, 11) is -6.03. The number of hydrogen-bond donors (Lipinski definition) is 0. The number of carbonyl (C=O) groups excluding carboxylic acids is 2. The zero-order valence-corrected chi connectivity index (χ0v) is 25.7. The SMILES string of the molecule is Cc1ccc2c(c1)C(CC(=O)c1ccccc1)C=C2c1cc(/C(=C/C=C/C(=O)c2ccccc2)OS(=O)(=O)C(F)(F)F)ccc1C. The standard InChI is InChI=1S/C37H29F3O5S/c1-24-16-19-30-32(20-24)29(23-35(42)27-12-7-4-8-13-27)22-33(30)31-21-28(18-17-25(31)2)36(45-46(43,44)37(38,39)40)15-9-14-34(41)26-10-5-3-6-11-26/h3-22,29H,23H2,1-2H3/b14-9+,36-15-. The molecule has 0 saturated carbocycles. The van der Waals surface area contributed by atoms with E-state index in [0.29, 0.717) is 16.7 Å². The lowest BCUT2D eigenvalue weighted by Gasteiger charge is -2.15. The number of alkyl halides is 3. The zero-order valence-electron chi connectivity index (χ0n) is 24.9. The zero-order chi connectivity index (χ0) is 33.1. The second kappa shape index (κ2) is 13.1. The Morgan fingerprint density at radius 3 is 2.11 bits per heavy atom. The maximum Gasteiger partial charge on any atom is 0.534 e. The van der Waals surface area contributed by atoms with Crippen LogP contribution in [0.2, 0.25) is 0 Å². The molecule has 234 valence electrons. The third kappa shape index (κ3) is 7.10. The summed E-state index contributed by atoms with van der Waals surface area (Å²) in [6.45, 7) is 3.77. The van der Waals surface area contributed by atoms with Crippen LogP contribution in [0.5, 0.6) is 0 Å². The van der Waals surface area contributed by atoms with Gasteiger partial charge in [0.2, 0.25) is 0 Å². The second-order valence-electron chi connectivity index (χ2n) is 10.9. The molecule has 0 radical (unpaired) electrons. The Morgan fingerprint density at radius 2 is 1.46 bits per heavy atom. The molecule has 9 heteroatoms. The maximum atomic E-state index is 13.4. The largest absolute Gasteiger partial charge is 0.534 e. The molecule has 0 bridgehead atoms. The predicted molar refractivity (Wildman–Crippen MR) is 172 cm³/mol. The highest BCUT2D eigenvalue weighted by Crippen LogP contribution is 2.43. The van der Waals surface area contributed by atoms with Crippen molar-refractivity contribution in [2.45, 2.75) is 31.7 Å². The number of benzene rings is 4. The Balaban J connectivity index is 1.56. The van der Waals surface area contributed by atoms with E-state index in [-0.39, 0.29) is 23.7 Å². The normalized spacial score (nSPS) is 15.0. The van der Waals surface area contributed by atoms with Crippen molar-refractivity contribution in [3.8, 4) is 0 Å². The molecular weight excluding hydrogens is 613 g/mol. The van der Waals surface area contributed by atoms with E-state index in [1.54, 1.807) is 66.7 Å². The minimum atomic E-state index is -6.03. The van der Waals surface area contributed by atoms with E-state index >= 15 is 0 Å². The lowest BCUT2D eigenvalue weighted by Crippen LogP contribution is -2.25. The van der Waals surface area contributed by atoms with Crippen molar-refractivity contribution in [3.63, 3.8) is 0 Å². The molecule has 0 heterocycles. The molecule has 1 aliphatic carbocycles. The van der Waals surface area contributed by atoms with Gasteiger partial charge in [-0.05, 0) is 59.9 Å². The van der Waals surface area contributed by atoms with Gasteiger partial charge in [-0.1, -0.05) is 109 Å². The molecule has 4 aromatic carbocycles. The summed E-state index contributed by atoms with van der Waals surface area (Å²) in [5.41, 5.74) is 0.265. The van der Waals surface area contributed by atoms with Crippen LogP contribution in [-0.2, 0) is 14.3 Å². The van der Waals surface area contributed by atoms with Crippen molar-refractivity contribution < 1.29 is 35.4 Å². The topological polar surface area (TPSA) is 77.5 Å². The van der Waals surface area contributed by atoms with E-state index in [4.69, 9.17) is 0 Å². The van der Waals surface area contributed by atoms with Crippen LogP contribution in [0.3, 0.4) is 0 Å². The van der Waals surface area contributed by atoms with Gasteiger partial charge in [-0.15, -0.1) is 0 Å². The lowest BCUT2D eigenvalue weighted by molar-refractivity contribution is -0.0509. The van der Waals surface area contributed by atoms with Gasteiger partial charge in [0.1, 0.15) is 5.76 Å². The van der Waals surface area contributed by atoms with Crippen molar-refractivity contribution in [1.29, 1.82) is 0 Å². The first-order chi connectivity index (χ1) is 21.8. The molecule has 1 atom stereocenters. The minimum Gasteiger partial charge on any atom is -0.375 e. The molecule has 5 rings (SSSR count). The Hall–Kier alpha value is -5.02. The van der Waals surface area contributed by atoms with Gasteiger partial charge in [0.25, 0.3) is 0 Å². The summed E-state index contributed by atoms with van der Waals surface area (Å²) >= 11 is 0. The van der Waals surface area contributed by atoms with Gasteiger partial charge in [-0.25, -0.2) is 0 Å². The van der Waals surface area contributed by atoms with Crippen LogP contribution in [0.15, 0.2) is 121 Å². The fourth-order valence-corrected chi connectivity index (χ4v) is 5.77. The fourth-order valence-electron chi connectivity index (χ4n) is 5.28. The molecule has 1 unspecified atom stereocenters. The summed E-state index contributed by atoms with van der Waals surface area (Å²) in [6, 6.07) is 27.7. The third-order valence-corrected chi connectivity index (χ3v) is 8.58. The molecule has 5 nitrogen and oxygen atoms in total. The van der Waals surface area contributed by atoms with E-state index < -0.39 is 27.2 Å². The van der Waals surface area contributed by atoms with Crippen molar-refractivity contribution in [1.82, 2.24) is 0 Å². The third-order valence-electron chi connectivity index (χ3n) is 7.61. The number of carbonyl (C=O) groups is 2. The van der Waals surface area contributed by atoms with Gasteiger partial charge >= 0.3 is 15.6 Å². The molecule has 0 aliphatic heterocycles. The molecule has 1 aliphatic rings. The Bertz CT molecular complexity index is 1990. The number of rotatable bonds is 10. The first kappa shape index (κ1) is 32.4. The first-order valence-corrected chi connectivity index (χ1v) is 15.8. The quantitative estimate of drug-likeness (QED) is 0.0432. The number of fused-ring (bicyclic) bond motifs is 1. The molecule has 46 heavy (non-hydrogen) atoms. The van der Waals surface area contributed by atoms with E-state index in [0.717, 1.165) is 46.1 Å². The maximum absolute atomic E-state index is 13.4. The summed E-state index contributed by atoms with van der Waals surface area (Å²) in [6.07, 6.45) is 5.45. The van der Waals surface area contributed by atoms with Gasteiger partial charge in [-0.2, -0.15) is 21.6 Å². The van der Waals surface area contributed by atoms with E-state index in [9.17, 15) is 31.2 Å². The number of aryl methyl sites for hydroxylation is 2.